The number of piperidine rings is 2. The third kappa shape index (κ3) is 5.02. The first-order valence-electron chi connectivity index (χ1n) is 11.6. The van der Waals surface area contributed by atoms with E-state index < -0.39 is 10.0 Å². The number of likely N-dealkylation sites (tertiary alicyclic amines) is 1. The first kappa shape index (κ1) is 21.2. The number of hydrogen-bond donors (Lipinski definition) is 0. The molecule has 0 bridgehead atoms. The van der Waals surface area contributed by atoms with Gasteiger partial charge in [-0.1, -0.05) is 25.7 Å². The van der Waals surface area contributed by atoms with Crippen LogP contribution in [0.25, 0.3) is 0 Å². The lowest BCUT2D eigenvalue weighted by molar-refractivity contribution is 0.154. The lowest BCUT2D eigenvalue weighted by atomic mass is 9.88. The fourth-order valence-electron chi connectivity index (χ4n) is 5.29. The van der Waals surface area contributed by atoms with Gasteiger partial charge in [0.05, 0.1) is 5.75 Å². The molecule has 0 aromatic carbocycles. The summed E-state index contributed by atoms with van der Waals surface area (Å²) in [6.07, 6.45) is 11.8. The van der Waals surface area contributed by atoms with Crippen molar-refractivity contribution in [1.29, 1.82) is 0 Å². The normalized spacial score (nSPS) is 26.7. The van der Waals surface area contributed by atoms with Gasteiger partial charge in [0.1, 0.15) is 6.04 Å². The number of nitrogens with zero attached hydrogens (tertiary/aromatic N) is 4. The van der Waals surface area contributed by atoms with Crippen molar-refractivity contribution in [2.75, 3.05) is 31.9 Å². The van der Waals surface area contributed by atoms with Gasteiger partial charge >= 0.3 is 0 Å². The Morgan fingerprint density at radius 1 is 0.897 bits per heavy atom. The van der Waals surface area contributed by atoms with Crippen molar-refractivity contribution in [2.45, 2.75) is 83.1 Å². The molecule has 1 aromatic heterocycles. The van der Waals surface area contributed by atoms with Crippen LogP contribution in [0.2, 0.25) is 0 Å². The summed E-state index contributed by atoms with van der Waals surface area (Å²) in [4.78, 5) is 2.61. The maximum absolute atomic E-state index is 12.5. The van der Waals surface area contributed by atoms with E-state index in [9.17, 15) is 8.42 Å². The highest BCUT2D eigenvalue weighted by molar-refractivity contribution is 7.89. The third-order valence-corrected chi connectivity index (χ3v) is 8.98. The number of hydrogen-bond acceptors (Lipinski definition) is 6. The summed E-state index contributed by atoms with van der Waals surface area (Å²) in [6, 6.07) is -0.290. The van der Waals surface area contributed by atoms with Crippen molar-refractivity contribution < 1.29 is 12.8 Å². The van der Waals surface area contributed by atoms with E-state index in [1.807, 2.05) is 0 Å². The summed E-state index contributed by atoms with van der Waals surface area (Å²) in [5.41, 5.74) is 0. The van der Waals surface area contributed by atoms with Crippen LogP contribution < -0.4 is 0 Å². The highest BCUT2D eigenvalue weighted by Gasteiger charge is 2.36. The third-order valence-electron chi connectivity index (χ3n) is 7.10. The smallest absolute Gasteiger partial charge is 0.234 e. The Balaban J connectivity index is 1.35. The van der Waals surface area contributed by atoms with Crippen LogP contribution in [0.4, 0.5) is 0 Å². The van der Waals surface area contributed by atoms with Gasteiger partial charge in [0, 0.05) is 19.0 Å². The van der Waals surface area contributed by atoms with Gasteiger partial charge in [-0.3, -0.25) is 0 Å². The zero-order chi connectivity index (χ0) is 20.3. The fraction of sp³-hybridized carbons (Fsp3) is 0.905. The number of rotatable bonds is 6. The van der Waals surface area contributed by atoms with Crippen LogP contribution in [0.15, 0.2) is 4.42 Å². The molecule has 1 aromatic rings. The zero-order valence-corrected chi connectivity index (χ0v) is 18.6. The molecule has 7 nitrogen and oxygen atoms in total. The van der Waals surface area contributed by atoms with Gasteiger partial charge in [-0.2, -0.15) is 4.31 Å². The highest BCUT2D eigenvalue weighted by Crippen LogP contribution is 2.35. The van der Waals surface area contributed by atoms with Crippen LogP contribution >= 0.6 is 0 Å². The van der Waals surface area contributed by atoms with Crippen LogP contribution in [0.1, 0.15) is 94.9 Å². The molecule has 2 aliphatic heterocycles. The number of aromatic nitrogens is 2. The average Bonchev–Trinajstić information content (AvgIpc) is 3.25. The lowest BCUT2D eigenvalue weighted by Crippen LogP contribution is -2.39. The summed E-state index contributed by atoms with van der Waals surface area (Å²) >= 11 is 0. The van der Waals surface area contributed by atoms with E-state index in [2.05, 4.69) is 15.1 Å². The van der Waals surface area contributed by atoms with Crippen LogP contribution in [-0.4, -0.2) is 59.8 Å². The van der Waals surface area contributed by atoms with Crippen molar-refractivity contribution in [3.63, 3.8) is 0 Å². The molecule has 1 aliphatic carbocycles. The fourth-order valence-corrected chi connectivity index (χ4v) is 6.62. The van der Waals surface area contributed by atoms with E-state index in [-0.39, 0.29) is 11.8 Å². The molecule has 0 N–H and O–H groups in total. The summed E-state index contributed by atoms with van der Waals surface area (Å²) < 4.78 is 32.6. The minimum absolute atomic E-state index is 0.115. The molecule has 0 radical (unpaired) electrons. The largest absolute Gasteiger partial charge is 0.423 e. The van der Waals surface area contributed by atoms with E-state index in [4.69, 9.17) is 4.42 Å². The van der Waals surface area contributed by atoms with E-state index in [1.165, 1.54) is 38.6 Å². The Labute approximate surface area is 175 Å². The lowest BCUT2D eigenvalue weighted by Gasteiger charge is -2.34. The van der Waals surface area contributed by atoms with Gasteiger partial charge < -0.3 is 9.32 Å². The Kier molecular flexibility index (Phi) is 6.91. The van der Waals surface area contributed by atoms with E-state index in [0.717, 1.165) is 51.1 Å². The van der Waals surface area contributed by atoms with Crippen LogP contribution in [-0.2, 0) is 10.0 Å². The molecule has 0 spiro atoms. The van der Waals surface area contributed by atoms with E-state index in [1.54, 1.807) is 11.2 Å². The predicted molar refractivity (Wildman–Crippen MR) is 112 cm³/mol. The standard InChI is InChI=1S/C21H36N4O3S/c1-2-29(26,27)25-13-7-6-10-19(25)21-23-22-20(28-21)18-11-14-24(15-12-18)16-17-8-4-3-5-9-17/h17-19H,2-16H2,1H3/t19-/m1/s1. The molecule has 0 unspecified atom stereocenters. The Morgan fingerprint density at radius 2 is 1.59 bits per heavy atom. The molecular formula is C21H36N4O3S. The quantitative estimate of drug-likeness (QED) is 0.693. The molecule has 1 saturated carbocycles. The highest BCUT2D eigenvalue weighted by atomic mass is 32.2. The van der Waals surface area contributed by atoms with Gasteiger partial charge in [0.15, 0.2) is 0 Å². The monoisotopic (exact) mass is 424 g/mol. The SMILES string of the molecule is CCS(=O)(=O)N1CCCC[C@@H]1c1nnc(C2CCN(CC3CCCCC3)CC2)o1. The van der Waals surface area contributed by atoms with Crippen LogP contribution in [0.5, 0.6) is 0 Å². The zero-order valence-electron chi connectivity index (χ0n) is 17.8. The predicted octanol–water partition coefficient (Wildman–Crippen LogP) is 3.71. The topological polar surface area (TPSA) is 79.5 Å². The molecule has 3 fully saturated rings. The van der Waals surface area contributed by atoms with Crippen molar-refractivity contribution in [3.8, 4) is 0 Å². The van der Waals surface area contributed by atoms with Crippen molar-refractivity contribution in [2.24, 2.45) is 5.92 Å². The van der Waals surface area contributed by atoms with Crippen molar-refractivity contribution in [1.82, 2.24) is 19.4 Å². The van der Waals surface area contributed by atoms with Gasteiger partial charge in [0.25, 0.3) is 0 Å². The Hall–Kier alpha value is -0.990. The maximum Gasteiger partial charge on any atom is 0.234 e. The summed E-state index contributed by atoms with van der Waals surface area (Å²) in [7, 11) is -3.26. The first-order valence-corrected chi connectivity index (χ1v) is 13.2. The molecule has 3 heterocycles. The Morgan fingerprint density at radius 3 is 2.31 bits per heavy atom. The van der Waals surface area contributed by atoms with Crippen molar-refractivity contribution >= 4 is 10.0 Å². The van der Waals surface area contributed by atoms with Gasteiger partial charge in [-0.05, 0) is 64.5 Å². The molecule has 8 heteroatoms. The van der Waals surface area contributed by atoms with E-state index >= 15 is 0 Å². The molecule has 1 atom stereocenters. The molecule has 4 rings (SSSR count). The second kappa shape index (κ2) is 9.43. The summed E-state index contributed by atoms with van der Waals surface area (Å²) in [5.74, 6) is 2.49. The maximum atomic E-state index is 12.5. The minimum atomic E-state index is -3.26. The molecule has 164 valence electrons. The van der Waals surface area contributed by atoms with Gasteiger partial charge in [-0.15, -0.1) is 10.2 Å². The minimum Gasteiger partial charge on any atom is -0.423 e. The van der Waals surface area contributed by atoms with Gasteiger partial charge in [-0.25, -0.2) is 8.42 Å². The number of sulfonamides is 1. The second-order valence-electron chi connectivity index (χ2n) is 9.08. The average molecular weight is 425 g/mol. The summed E-state index contributed by atoms with van der Waals surface area (Å²) in [5, 5.41) is 8.63. The van der Waals surface area contributed by atoms with Gasteiger partial charge in [0.2, 0.25) is 21.8 Å². The second-order valence-corrected chi connectivity index (χ2v) is 11.3. The van der Waals surface area contributed by atoms with Crippen LogP contribution in [0.3, 0.4) is 0 Å². The Bertz CT molecular complexity index is 752. The molecule has 0 amide bonds. The van der Waals surface area contributed by atoms with Crippen LogP contribution in [0, 0.1) is 5.92 Å². The first-order chi connectivity index (χ1) is 14.1. The van der Waals surface area contributed by atoms with Crippen molar-refractivity contribution in [3.05, 3.63) is 11.8 Å². The molecular weight excluding hydrogens is 388 g/mol. The van der Waals surface area contributed by atoms with E-state index in [0.29, 0.717) is 24.2 Å². The summed E-state index contributed by atoms with van der Waals surface area (Å²) in [6.45, 7) is 5.68. The molecule has 2 saturated heterocycles. The molecule has 29 heavy (non-hydrogen) atoms. The molecule has 3 aliphatic rings.